The largest absolute Gasteiger partial charge is 0.481 e. The molecule has 1 fully saturated rings. The normalized spacial score (nSPS) is 17.5. The van der Waals surface area contributed by atoms with Crippen LogP contribution in [0.2, 0.25) is 0 Å². The molecule has 2 aromatic rings. The Hall–Kier alpha value is -3.88. The molecule has 0 radical (unpaired) electrons. The number of carbonyl (C=O) groups excluding carboxylic acids is 3. The average Bonchev–Trinajstić information content (AvgIpc) is 3.35. The van der Waals surface area contributed by atoms with Gasteiger partial charge in [-0.25, -0.2) is 4.79 Å². The fourth-order valence-corrected chi connectivity index (χ4v) is 4.32. The monoisotopic (exact) mass is 451 g/mol. The third-order valence-electron chi connectivity index (χ3n) is 5.96. The lowest BCUT2D eigenvalue weighted by Gasteiger charge is -2.20. The maximum Gasteiger partial charge on any atom is 0.407 e. The van der Waals surface area contributed by atoms with Crippen LogP contribution < -0.4 is 16.0 Å². The van der Waals surface area contributed by atoms with Gasteiger partial charge in [0.15, 0.2) is 0 Å². The fraction of sp³-hybridized carbons (Fsp3) is 0.333. The van der Waals surface area contributed by atoms with Gasteiger partial charge in [-0.1, -0.05) is 48.5 Å². The zero-order chi connectivity index (χ0) is 23.4. The van der Waals surface area contributed by atoms with Crippen molar-refractivity contribution in [2.45, 2.75) is 37.3 Å². The summed E-state index contributed by atoms with van der Waals surface area (Å²) in [5, 5.41) is 16.6. The fourth-order valence-electron chi connectivity index (χ4n) is 4.32. The lowest BCUT2D eigenvalue weighted by molar-refractivity contribution is -0.137. The van der Waals surface area contributed by atoms with Crippen molar-refractivity contribution in [3.05, 3.63) is 59.7 Å². The van der Waals surface area contributed by atoms with E-state index in [4.69, 9.17) is 9.84 Å². The Balaban J connectivity index is 1.40. The molecule has 9 nitrogen and oxygen atoms in total. The zero-order valence-electron chi connectivity index (χ0n) is 17.9. The van der Waals surface area contributed by atoms with Crippen LogP contribution in [0.4, 0.5) is 4.79 Å². The lowest BCUT2D eigenvalue weighted by atomic mass is 9.98. The van der Waals surface area contributed by atoms with E-state index in [1.165, 1.54) is 0 Å². The van der Waals surface area contributed by atoms with E-state index in [1.54, 1.807) is 0 Å². The van der Waals surface area contributed by atoms with Crippen molar-refractivity contribution in [1.29, 1.82) is 0 Å². The highest BCUT2D eigenvalue weighted by Gasteiger charge is 2.32. The average molecular weight is 451 g/mol. The SMILES string of the molecule is O=C(O)CCC(NC(=O)OCC1c2ccccc2-c2ccccc21)C(=O)N[C@H]1CCNC1=O. The molecular weight excluding hydrogens is 426 g/mol. The second kappa shape index (κ2) is 9.72. The van der Waals surface area contributed by atoms with Gasteiger partial charge in [-0.2, -0.15) is 0 Å². The Bertz CT molecular complexity index is 1040. The highest BCUT2D eigenvalue weighted by molar-refractivity contribution is 5.92. The van der Waals surface area contributed by atoms with E-state index >= 15 is 0 Å². The first-order valence-corrected chi connectivity index (χ1v) is 10.9. The quantitative estimate of drug-likeness (QED) is 0.483. The molecule has 1 heterocycles. The second-order valence-electron chi connectivity index (χ2n) is 8.10. The molecule has 4 rings (SSSR count). The standard InChI is InChI=1S/C24H25N3O6/c28-21(29)10-9-19(23(31)26-20-11-12-25-22(20)30)27-24(32)33-13-18-16-7-3-1-5-14(16)15-6-2-4-8-17(15)18/h1-8,18-20H,9-13H2,(H,25,30)(H,26,31)(H,27,32)(H,28,29)/t19?,20-/m0/s1. The summed E-state index contributed by atoms with van der Waals surface area (Å²) in [5.41, 5.74) is 4.30. The van der Waals surface area contributed by atoms with Crippen LogP contribution >= 0.6 is 0 Å². The van der Waals surface area contributed by atoms with E-state index in [-0.39, 0.29) is 31.3 Å². The van der Waals surface area contributed by atoms with Crippen LogP contribution in [-0.2, 0) is 19.1 Å². The Morgan fingerprint density at radius 3 is 2.27 bits per heavy atom. The van der Waals surface area contributed by atoms with Crippen molar-refractivity contribution in [2.75, 3.05) is 13.2 Å². The first-order valence-electron chi connectivity index (χ1n) is 10.9. The molecule has 1 unspecified atom stereocenters. The number of carboxylic acid groups (broad SMARTS) is 1. The number of carbonyl (C=O) groups is 4. The summed E-state index contributed by atoms with van der Waals surface area (Å²) in [6, 6.07) is 14.0. The molecule has 1 saturated heterocycles. The van der Waals surface area contributed by atoms with Gasteiger partial charge >= 0.3 is 12.1 Å². The molecule has 33 heavy (non-hydrogen) atoms. The Morgan fingerprint density at radius 2 is 1.70 bits per heavy atom. The molecule has 9 heteroatoms. The maximum absolute atomic E-state index is 12.6. The molecule has 0 bridgehead atoms. The van der Waals surface area contributed by atoms with Gasteiger partial charge in [-0.05, 0) is 35.1 Å². The topological polar surface area (TPSA) is 134 Å². The molecule has 1 aliphatic heterocycles. The van der Waals surface area contributed by atoms with Crippen molar-refractivity contribution >= 4 is 23.9 Å². The van der Waals surface area contributed by atoms with E-state index in [9.17, 15) is 19.2 Å². The number of aliphatic carboxylic acids is 1. The van der Waals surface area contributed by atoms with Crippen molar-refractivity contribution in [1.82, 2.24) is 16.0 Å². The lowest BCUT2D eigenvalue weighted by Crippen LogP contribution is -2.51. The number of hydrogen-bond donors (Lipinski definition) is 4. The number of fused-ring (bicyclic) bond motifs is 3. The Morgan fingerprint density at radius 1 is 1.06 bits per heavy atom. The smallest absolute Gasteiger partial charge is 0.407 e. The van der Waals surface area contributed by atoms with Gasteiger partial charge in [0, 0.05) is 18.9 Å². The van der Waals surface area contributed by atoms with E-state index in [1.807, 2.05) is 48.5 Å². The van der Waals surface area contributed by atoms with Crippen LogP contribution in [0.3, 0.4) is 0 Å². The molecule has 1 aliphatic carbocycles. The minimum atomic E-state index is -1.13. The number of rotatable bonds is 8. The van der Waals surface area contributed by atoms with Crippen molar-refractivity contribution in [3.63, 3.8) is 0 Å². The molecule has 172 valence electrons. The van der Waals surface area contributed by atoms with E-state index in [0.717, 1.165) is 22.3 Å². The van der Waals surface area contributed by atoms with Crippen LogP contribution in [0, 0.1) is 0 Å². The van der Waals surface area contributed by atoms with Gasteiger partial charge in [0.25, 0.3) is 0 Å². The van der Waals surface area contributed by atoms with Gasteiger partial charge in [0.2, 0.25) is 11.8 Å². The molecule has 0 saturated carbocycles. The molecule has 0 aromatic heterocycles. The van der Waals surface area contributed by atoms with Crippen LogP contribution in [0.25, 0.3) is 11.1 Å². The number of amides is 3. The molecule has 2 aliphatic rings. The summed E-state index contributed by atoms with van der Waals surface area (Å²) in [6.07, 6.45) is -0.835. The van der Waals surface area contributed by atoms with Crippen molar-refractivity contribution in [3.8, 4) is 11.1 Å². The van der Waals surface area contributed by atoms with Gasteiger partial charge in [0.1, 0.15) is 18.7 Å². The maximum atomic E-state index is 12.6. The number of alkyl carbamates (subject to hydrolysis) is 1. The number of benzene rings is 2. The summed E-state index contributed by atoms with van der Waals surface area (Å²) in [4.78, 5) is 47.9. The van der Waals surface area contributed by atoms with E-state index in [2.05, 4.69) is 16.0 Å². The number of ether oxygens (including phenoxy) is 1. The van der Waals surface area contributed by atoms with Crippen molar-refractivity contribution in [2.24, 2.45) is 0 Å². The summed E-state index contributed by atoms with van der Waals surface area (Å²) in [5.74, 6) is -2.16. The molecule has 4 N–H and O–H groups in total. The summed E-state index contributed by atoms with van der Waals surface area (Å²) >= 11 is 0. The molecule has 3 amide bonds. The third-order valence-corrected chi connectivity index (χ3v) is 5.96. The molecular formula is C24H25N3O6. The third kappa shape index (κ3) is 4.97. The predicted molar refractivity (Wildman–Crippen MR) is 118 cm³/mol. The Labute approximate surface area is 190 Å². The minimum absolute atomic E-state index is 0.0676. The highest BCUT2D eigenvalue weighted by Crippen LogP contribution is 2.44. The second-order valence-corrected chi connectivity index (χ2v) is 8.10. The van der Waals surface area contributed by atoms with E-state index in [0.29, 0.717) is 13.0 Å². The number of carboxylic acids is 1. The predicted octanol–water partition coefficient (Wildman–Crippen LogP) is 1.76. The first kappa shape index (κ1) is 22.3. The number of nitrogens with one attached hydrogen (secondary N) is 3. The molecule has 2 aromatic carbocycles. The summed E-state index contributed by atoms with van der Waals surface area (Å²) in [7, 11) is 0. The summed E-state index contributed by atoms with van der Waals surface area (Å²) < 4.78 is 5.46. The van der Waals surface area contributed by atoms with Crippen molar-refractivity contribution < 1.29 is 29.0 Å². The molecule has 0 spiro atoms. The minimum Gasteiger partial charge on any atom is -0.481 e. The van der Waals surface area contributed by atoms with Crippen LogP contribution in [0.5, 0.6) is 0 Å². The number of hydrogen-bond acceptors (Lipinski definition) is 5. The first-order chi connectivity index (χ1) is 15.9. The highest BCUT2D eigenvalue weighted by atomic mass is 16.5. The summed E-state index contributed by atoms with van der Waals surface area (Å²) in [6.45, 7) is 0.515. The van der Waals surface area contributed by atoms with Crippen LogP contribution in [0.1, 0.15) is 36.3 Å². The van der Waals surface area contributed by atoms with Gasteiger partial charge in [-0.3, -0.25) is 14.4 Å². The van der Waals surface area contributed by atoms with Gasteiger partial charge in [0.05, 0.1) is 0 Å². The van der Waals surface area contributed by atoms with Gasteiger partial charge in [-0.15, -0.1) is 0 Å². The van der Waals surface area contributed by atoms with Crippen LogP contribution in [-0.4, -0.2) is 54.2 Å². The Kier molecular flexibility index (Phi) is 6.58. The molecule has 2 atom stereocenters. The zero-order valence-corrected chi connectivity index (χ0v) is 17.9. The van der Waals surface area contributed by atoms with Gasteiger partial charge < -0.3 is 25.8 Å². The van der Waals surface area contributed by atoms with Crippen LogP contribution in [0.15, 0.2) is 48.5 Å². The van der Waals surface area contributed by atoms with E-state index < -0.39 is 30.1 Å².